The molecule has 0 saturated heterocycles. The predicted octanol–water partition coefficient (Wildman–Crippen LogP) is 4.90. The van der Waals surface area contributed by atoms with Crippen LogP contribution in [0.5, 0.6) is 0 Å². The first kappa shape index (κ1) is 22.1. The highest BCUT2D eigenvalue weighted by molar-refractivity contribution is 7.99. The van der Waals surface area contributed by atoms with Crippen LogP contribution < -0.4 is 10.5 Å². The monoisotopic (exact) mass is 463 g/mol. The molecule has 3 aromatic rings. The Bertz CT molecular complexity index is 1170. The Morgan fingerprint density at radius 1 is 1.10 bits per heavy atom. The maximum absolute atomic E-state index is 13.2. The largest absolute Gasteiger partial charge is 0.384 e. The summed E-state index contributed by atoms with van der Waals surface area (Å²) in [5.41, 5.74) is 7.65. The number of amidine groups is 1. The number of anilines is 1. The molecular formula is C21H19ClFN3O2S2. The maximum Gasteiger partial charge on any atom is 0.263 e. The SMILES string of the molecule is N=C(N)c1ccc(CCSc2ccccc2NS(=O)(=O)c2ccc(F)cc2Cl)cc1. The molecule has 0 fully saturated rings. The van der Waals surface area contributed by atoms with Gasteiger partial charge in [0, 0.05) is 16.2 Å². The van der Waals surface area contributed by atoms with Crippen molar-refractivity contribution in [1.29, 1.82) is 5.41 Å². The number of thioether (sulfide) groups is 1. The summed E-state index contributed by atoms with van der Waals surface area (Å²) < 4.78 is 41.2. The van der Waals surface area contributed by atoms with Gasteiger partial charge in [0.1, 0.15) is 16.5 Å². The van der Waals surface area contributed by atoms with Crippen LogP contribution in [-0.2, 0) is 16.4 Å². The summed E-state index contributed by atoms with van der Waals surface area (Å²) in [6, 6.07) is 17.7. The molecule has 0 heterocycles. The molecule has 30 heavy (non-hydrogen) atoms. The third-order valence-electron chi connectivity index (χ3n) is 4.23. The molecule has 3 rings (SSSR count). The van der Waals surface area contributed by atoms with Crippen molar-refractivity contribution in [3.05, 3.63) is 88.7 Å². The summed E-state index contributed by atoms with van der Waals surface area (Å²) in [4.78, 5) is 0.579. The van der Waals surface area contributed by atoms with E-state index >= 15 is 0 Å². The molecule has 0 aliphatic rings. The molecule has 4 N–H and O–H groups in total. The average Bonchev–Trinajstić information content (AvgIpc) is 2.69. The van der Waals surface area contributed by atoms with Crippen molar-refractivity contribution in [2.24, 2.45) is 5.73 Å². The first-order valence-corrected chi connectivity index (χ1v) is 11.7. The highest BCUT2D eigenvalue weighted by atomic mass is 35.5. The number of aryl methyl sites for hydroxylation is 1. The van der Waals surface area contributed by atoms with E-state index in [1.54, 1.807) is 24.3 Å². The smallest absolute Gasteiger partial charge is 0.263 e. The molecule has 0 saturated carbocycles. The van der Waals surface area contributed by atoms with Gasteiger partial charge in [-0.05, 0) is 42.3 Å². The fourth-order valence-electron chi connectivity index (χ4n) is 2.70. The second-order valence-corrected chi connectivity index (χ2v) is 9.58. The van der Waals surface area contributed by atoms with E-state index in [1.807, 2.05) is 24.3 Å². The molecular weight excluding hydrogens is 445 g/mol. The second kappa shape index (κ2) is 9.51. The number of halogens is 2. The van der Waals surface area contributed by atoms with E-state index in [0.717, 1.165) is 40.8 Å². The normalized spacial score (nSPS) is 11.3. The lowest BCUT2D eigenvalue weighted by molar-refractivity contribution is 0.599. The average molecular weight is 464 g/mol. The molecule has 0 radical (unpaired) electrons. The van der Waals surface area contributed by atoms with E-state index in [1.165, 1.54) is 11.8 Å². The Hall–Kier alpha value is -2.55. The molecule has 0 atom stereocenters. The molecule has 0 aromatic heterocycles. The Morgan fingerprint density at radius 3 is 2.47 bits per heavy atom. The van der Waals surface area contributed by atoms with Gasteiger partial charge in [-0.1, -0.05) is 48.0 Å². The first-order valence-electron chi connectivity index (χ1n) is 8.89. The third-order valence-corrected chi connectivity index (χ3v) is 7.15. The molecule has 0 bridgehead atoms. The Kier molecular flexibility index (Phi) is 7.02. The van der Waals surface area contributed by atoms with E-state index in [0.29, 0.717) is 11.3 Å². The van der Waals surface area contributed by atoms with Crippen LogP contribution in [-0.4, -0.2) is 20.0 Å². The molecule has 0 spiro atoms. The molecule has 0 amide bonds. The molecule has 0 unspecified atom stereocenters. The van der Waals surface area contributed by atoms with Gasteiger partial charge in [0.2, 0.25) is 0 Å². The van der Waals surface area contributed by atoms with Crippen LogP contribution in [0.1, 0.15) is 11.1 Å². The molecule has 0 aliphatic carbocycles. The number of nitrogens with two attached hydrogens (primary N) is 1. The molecule has 3 aromatic carbocycles. The number of nitrogens with one attached hydrogen (secondary N) is 2. The van der Waals surface area contributed by atoms with Gasteiger partial charge in [-0.3, -0.25) is 10.1 Å². The zero-order valence-electron chi connectivity index (χ0n) is 15.7. The van der Waals surface area contributed by atoms with Crippen LogP contribution in [0.2, 0.25) is 5.02 Å². The van der Waals surface area contributed by atoms with Gasteiger partial charge in [0.15, 0.2) is 0 Å². The van der Waals surface area contributed by atoms with Gasteiger partial charge in [0.05, 0.1) is 10.7 Å². The van der Waals surface area contributed by atoms with Crippen LogP contribution in [0.4, 0.5) is 10.1 Å². The van der Waals surface area contributed by atoms with Gasteiger partial charge in [-0.25, -0.2) is 12.8 Å². The number of benzene rings is 3. The lowest BCUT2D eigenvalue weighted by Gasteiger charge is -2.13. The van der Waals surface area contributed by atoms with E-state index < -0.39 is 15.8 Å². The quantitative estimate of drug-likeness (QED) is 0.251. The van der Waals surface area contributed by atoms with Crippen molar-refractivity contribution < 1.29 is 12.8 Å². The summed E-state index contributed by atoms with van der Waals surface area (Å²) in [6.45, 7) is 0. The summed E-state index contributed by atoms with van der Waals surface area (Å²) in [7, 11) is -3.97. The van der Waals surface area contributed by atoms with Gasteiger partial charge in [-0.15, -0.1) is 11.8 Å². The van der Waals surface area contributed by atoms with Gasteiger partial charge in [0.25, 0.3) is 10.0 Å². The number of nitrogen functional groups attached to an aromatic ring is 1. The highest BCUT2D eigenvalue weighted by Gasteiger charge is 2.20. The van der Waals surface area contributed by atoms with Crippen LogP contribution in [0.3, 0.4) is 0 Å². The standard InChI is InChI=1S/C21H19ClFN3O2S2/c22-17-13-16(23)9-10-20(17)30(27,28)26-18-3-1-2-4-19(18)29-12-11-14-5-7-15(8-6-14)21(24)25/h1-10,13,26H,11-12H2,(H3,24,25). The van der Waals surface area contributed by atoms with E-state index in [4.69, 9.17) is 22.7 Å². The Balaban J connectivity index is 1.70. The number of hydrogen-bond donors (Lipinski definition) is 3. The number of rotatable bonds is 8. The molecule has 0 aliphatic heterocycles. The van der Waals surface area contributed by atoms with E-state index in [9.17, 15) is 12.8 Å². The van der Waals surface area contributed by atoms with E-state index in [-0.39, 0.29) is 15.8 Å². The first-order chi connectivity index (χ1) is 14.3. The van der Waals surface area contributed by atoms with Crippen LogP contribution in [0.25, 0.3) is 0 Å². The van der Waals surface area contributed by atoms with Crippen molar-refractivity contribution in [2.75, 3.05) is 10.5 Å². The maximum atomic E-state index is 13.2. The van der Waals surface area contributed by atoms with E-state index in [2.05, 4.69) is 4.72 Å². The van der Waals surface area contributed by atoms with Crippen molar-refractivity contribution in [1.82, 2.24) is 0 Å². The lowest BCUT2D eigenvalue weighted by atomic mass is 10.1. The fraction of sp³-hybridized carbons (Fsp3) is 0.0952. The third kappa shape index (κ3) is 5.53. The topological polar surface area (TPSA) is 96.0 Å². The summed E-state index contributed by atoms with van der Waals surface area (Å²) in [5.74, 6) is 0.139. The second-order valence-electron chi connectivity index (χ2n) is 6.39. The predicted molar refractivity (Wildman–Crippen MR) is 121 cm³/mol. The van der Waals surface area contributed by atoms with Crippen molar-refractivity contribution in [3.8, 4) is 0 Å². The number of para-hydroxylation sites is 1. The van der Waals surface area contributed by atoms with Crippen LogP contribution in [0, 0.1) is 11.2 Å². The Morgan fingerprint density at radius 2 is 1.80 bits per heavy atom. The van der Waals surface area contributed by atoms with Crippen molar-refractivity contribution >= 4 is 44.9 Å². The lowest BCUT2D eigenvalue weighted by Crippen LogP contribution is -2.14. The van der Waals surface area contributed by atoms with Gasteiger partial charge < -0.3 is 5.73 Å². The minimum Gasteiger partial charge on any atom is -0.384 e. The van der Waals surface area contributed by atoms with Gasteiger partial charge >= 0.3 is 0 Å². The zero-order chi connectivity index (χ0) is 21.7. The van der Waals surface area contributed by atoms with Crippen LogP contribution in [0.15, 0.2) is 76.5 Å². The molecule has 5 nitrogen and oxygen atoms in total. The van der Waals surface area contributed by atoms with Crippen molar-refractivity contribution in [2.45, 2.75) is 16.2 Å². The fourth-order valence-corrected chi connectivity index (χ4v) is 5.38. The van der Waals surface area contributed by atoms with Gasteiger partial charge in [-0.2, -0.15) is 0 Å². The zero-order valence-corrected chi connectivity index (χ0v) is 18.1. The number of hydrogen-bond acceptors (Lipinski definition) is 4. The van der Waals surface area contributed by atoms with Crippen molar-refractivity contribution in [3.63, 3.8) is 0 Å². The molecule has 156 valence electrons. The Labute approximate surface area is 184 Å². The highest BCUT2D eigenvalue weighted by Crippen LogP contribution is 2.31. The molecule has 9 heteroatoms. The minimum atomic E-state index is -3.97. The number of sulfonamides is 1. The summed E-state index contributed by atoms with van der Waals surface area (Å²) in [5, 5.41) is 7.25. The summed E-state index contributed by atoms with van der Waals surface area (Å²) in [6.07, 6.45) is 0.758. The minimum absolute atomic E-state index is 0.0263. The summed E-state index contributed by atoms with van der Waals surface area (Å²) >= 11 is 7.42. The van der Waals surface area contributed by atoms with Crippen LogP contribution >= 0.6 is 23.4 Å².